The number of nitrogens with zero attached hydrogens (tertiary/aromatic N) is 3. The van der Waals surface area contributed by atoms with Gasteiger partial charge in [0.25, 0.3) is 5.91 Å². The standard InChI is InChI=1S/C28H30F3N5OS/c1-15-5-7-16(8-6-15)20-12-23(28(29,30)31)36-24(33-20)13-21(35-36)25(37)34-26-19(14-32)18-10-9-17(27(2,3)4)11-22(18)38-26/h5-8,13,17,20,23,33H,9-12H2,1-4H3,(H,34,37)/t17-,20-,23+/m0/s1. The van der Waals surface area contributed by atoms with E-state index in [-0.39, 0.29) is 23.3 Å². The number of fused-ring (bicyclic) bond motifs is 2. The Morgan fingerprint density at radius 1 is 1.24 bits per heavy atom. The summed E-state index contributed by atoms with van der Waals surface area (Å²) in [6, 6.07) is 8.48. The topological polar surface area (TPSA) is 82.7 Å². The lowest BCUT2D eigenvalue weighted by molar-refractivity contribution is -0.173. The maximum absolute atomic E-state index is 14.1. The third-order valence-corrected chi connectivity index (χ3v) is 8.90. The van der Waals surface area contributed by atoms with Crippen LogP contribution in [-0.2, 0) is 12.8 Å². The van der Waals surface area contributed by atoms with Crippen molar-refractivity contribution >= 4 is 28.1 Å². The highest BCUT2D eigenvalue weighted by atomic mass is 32.1. The highest BCUT2D eigenvalue weighted by molar-refractivity contribution is 7.16. The molecular formula is C28H30F3N5OS. The van der Waals surface area contributed by atoms with E-state index in [4.69, 9.17) is 0 Å². The average Bonchev–Trinajstić information content (AvgIpc) is 3.43. The second-order valence-corrected chi connectivity index (χ2v) is 12.4. The lowest BCUT2D eigenvalue weighted by Crippen LogP contribution is -2.35. The summed E-state index contributed by atoms with van der Waals surface area (Å²) >= 11 is 1.38. The highest BCUT2D eigenvalue weighted by Gasteiger charge is 2.47. The van der Waals surface area contributed by atoms with Gasteiger partial charge in [-0.15, -0.1) is 11.3 Å². The molecule has 2 aromatic heterocycles. The Morgan fingerprint density at radius 2 is 1.95 bits per heavy atom. The normalized spacial score (nSPS) is 21.2. The number of nitriles is 1. The van der Waals surface area contributed by atoms with Crippen molar-refractivity contribution in [2.75, 3.05) is 10.6 Å². The first-order chi connectivity index (χ1) is 17.8. The largest absolute Gasteiger partial charge is 0.410 e. The molecule has 0 saturated heterocycles. The number of amides is 1. The molecule has 3 atom stereocenters. The number of halogens is 3. The number of alkyl halides is 3. The fraction of sp³-hybridized carbons (Fsp3) is 0.464. The molecule has 1 aliphatic carbocycles. The molecule has 1 aromatic carbocycles. The van der Waals surface area contributed by atoms with Crippen LogP contribution in [-0.4, -0.2) is 21.9 Å². The summed E-state index contributed by atoms with van der Waals surface area (Å²) in [4.78, 5) is 14.3. The van der Waals surface area contributed by atoms with Crippen molar-refractivity contribution in [3.63, 3.8) is 0 Å². The van der Waals surface area contributed by atoms with Gasteiger partial charge in [0, 0.05) is 17.4 Å². The average molecular weight is 542 g/mol. The van der Waals surface area contributed by atoms with Crippen molar-refractivity contribution < 1.29 is 18.0 Å². The molecule has 0 fully saturated rings. The maximum Gasteiger partial charge on any atom is 0.410 e. The van der Waals surface area contributed by atoms with Crippen LogP contribution in [0.25, 0.3) is 0 Å². The summed E-state index contributed by atoms with van der Waals surface area (Å²) in [5.41, 5.74) is 3.17. The minimum Gasteiger partial charge on any atom is -0.363 e. The molecule has 0 radical (unpaired) electrons. The molecule has 5 rings (SSSR count). The van der Waals surface area contributed by atoms with E-state index in [2.05, 4.69) is 42.6 Å². The monoisotopic (exact) mass is 541 g/mol. The number of carbonyl (C=O) groups is 1. The van der Waals surface area contributed by atoms with Gasteiger partial charge in [-0.3, -0.25) is 4.79 Å². The zero-order valence-corrected chi connectivity index (χ0v) is 22.6. The second kappa shape index (κ2) is 9.45. The first kappa shape index (κ1) is 26.3. The van der Waals surface area contributed by atoms with Crippen LogP contribution in [0.5, 0.6) is 0 Å². The van der Waals surface area contributed by atoms with Crippen molar-refractivity contribution in [1.82, 2.24) is 9.78 Å². The van der Waals surface area contributed by atoms with E-state index in [1.54, 1.807) is 0 Å². The predicted octanol–water partition coefficient (Wildman–Crippen LogP) is 7.19. The number of hydrogen-bond donors (Lipinski definition) is 2. The fourth-order valence-corrected chi connectivity index (χ4v) is 6.67. The number of aromatic nitrogens is 2. The van der Waals surface area contributed by atoms with Gasteiger partial charge in [-0.2, -0.15) is 23.5 Å². The van der Waals surface area contributed by atoms with Crippen LogP contribution in [0.2, 0.25) is 0 Å². The first-order valence-electron chi connectivity index (χ1n) is 12.7. The summed E-state index contributed by atoms with van der Waals surface area (Å²) < 4.78 is 43.0. The second-order valence-electron chi connectivity index (χ2n) is 11.3. The van der Waals surface area contributed by atoms with E-state index >= 15 is 0 Å². The molecule has 3 aromatic rings. The molecule has 0 spiro atoms. The van der Waals surface area contributed by atoms with E-state index < -0.39 is 24.2 Å². The molecule has 0 saturated carbocycles. The third kappa shape index (κ3) is 4.92. The molecule has 10 heteroatoms. The van der Waals surface area contributed by atoms with Gasteiger partial charge in [0.05, 0.1) is 11.6 Å². The van der Waals surface area contributed by atoms with Crippen LogP contribution in [0.1, 0.15) is 83.3 Å². The molecular weight excluding hydrogens is 511 g/mol. The Bertz CT molecular complexity index is 1410. The highest BCUT2D eigenvalue weighted by Crippen LogP contribution is 2.45. The number of carbonyl (C=O) groups excluding carboxylic acids is 1. The molecule has 1 aliphatic heterocycles. The number of thiophene rings is 1. The Hall–Kier alpha value is -3.32. The quantitative estimate of drug-likeness (QED) is 0.368. The fourth-order valence-electron chi connectivity index (χ4n) is 5.40. The molecule has 6 nitrogen and oxygen atoms in total. The summed E-state index contributed by atoms with van der Waals surface area (Å²) in [7, 11) is 0. The molecule has 1 amide bonds. The van der Waals surface area contributed by atoms with Gasteiger partial charge < -0.3 is 10.6 Å². The molecule has 38 heavy (non-hydrogen) atoms. The van der Waals surface area contributed by atoms with Crippen molar-refractivity contribution in [3.8, 4) is 6.07 Å². The van der Waals surface area contributed by atoms with Crippen molar-refractivity contribution in [2.45, 2.75) is 71.6 Å². The Morgan fingerprint density at radius 3 is 2.58 bits per heavy atom. The van der Waals surface area contributed by atoms with Gasteiger partial charge in [-0.05, 0) is 48.6 Å². The van der Waals surface area contributed by atoms with Crippen LogP contribution >= 0.6 is 11.3 Å². The number of aryl methyl sites for hydroxylation is 1. The lowest BCUT2D eigenvalue weighted by Gasteiger charge is -2.33. The minimum atomic E-state index is -4.54. The minimum absolute atomic E-state index is 0.130. The van der Waals surface area contributed by atoms with Crippen LogP contribution in [0.15, 0.2) is 30.3 Å². The smallest absolute Gasteiger partial charge is 0.363 e. The number of nitrogens with one attached hydrogen (secondary N) is 2. The van der Waals surface area contributed by atoms with E-state index in [9.17, 15) is 23.2 Å². The number of hydrogen-bond acceptors (Lipinski definition) is 5. The number of anilines is 2. The molecule has 3 heterocycles. The van der Waals surface area contributed by atoms with Gasteiger partial charge >= 0.3 is 6.18 Å². The number of rotatable bonds is 3. The van der Waals surface area contributed by atoms with Crippen LogP contribution < -0.4 is 10.6 Å². The van der Waals surface area contributed by atoms with Gasteiger partial charge in [0.1, 0.15) is 16.9 Å². The summed E-state index contributed by atoms with van der Waals surface area (Å²) in [5.74, 6) is -0.0345. The Labute approximate surface area is 223 Å². The Kier molecular flexibility index (Phi) is 6.54. The van der Waals surface area contributed by atoms with Crippen LogP contribution in [0.3, 0.4) is 0 Å². The van der Waals surface area contributed by atoms with E-state index in [0.717, 1.165) is 45.5 Å². The van der Waals surface area contributed by atoms with Crippen LogP contribution in [0.4, 0.5) is 24.0 Å². The van der Waals surface area contributed by atoms with Gasteiger partial charge in [-0.25, -0.2) is 4.68 Å². The molecule has 0 bridgehead atoms. The summed E-state index contributed by atoms with van der Waals surface area (Å²) in [6.07, 6.45) is -2.21. The third-order valence-electron chi connectivity index (χ3n) is 7.73. The van der Waals surface area contributed by atoms with E-state index in [1.807, 2.05) is 31.2 Å². The van der Waals surface area contributed by atoms with Gasteiger partial charge in [-0.1, -0.05) is 50.6 Å². The summed E-state index contributed by atoms with van der Waals surface area (Å²) in [6.45, 7) is 8.53. The molecule has 0 unspecified atom stereocenters. The Balaban J connectivity index is 1.42. The predicted molar refractivity (Wildman–Crippen MR) is 141 cm³/mol. The van der Waals surface area contributed by atoms with Crippen molar-refractivity contribution in [3.05, 3.63) is 63.2 Å². The van der Waals surface area contributed by atoms with Gasteiger partial charge in [0.2, 0.25) is 0 Å². The van der Waals surface area contributed by atoms with Gasteiger partial charge in [0.15, 0.2) is 11.7 Å². The number of benzene rings is 1. The SMILES string of the molecule is Cc1ccc([C@@H]2C[C@H](C(F)(F)F)n3nc(C(=O)Nc4sc5c(c4C#N)CC[C@H](C(C)(C)C)C5)cc3N2)cc1. The molecule has 200 valence electrons. The van der Waals surface area contributed by atoms with Crippen molar-refractivity contribution in [2.24, 2.45) is 11.3 Å². The maximum atomic E-state index is 14.1. The zero-order chi connectivity index (χ0) is 27.4. The van der Waals surface area contributed by atoms with Crippen molar-refractivity contribution in [1.29, 1.82) is 5.26 Å². The van der Waals surface area contributed by atoms with E-state index in [0.29, 0.717) is 16.5 Å². The molecule has 2 aliphatic rings. The first-order valence-corrected chi connectivity index (χ1v) is 13.5. The lowest BCUT2D eigenvalue weighted by atomic mass is 9.72. The zero-order valence-electron chi connectivity index (χ0n) is 21.7. The summed E-state index contributed by atoms with van der Waals surface area (Å²) in [5, 5.41) is 20.2. The van der Waals surface area contributed by atoms with Crippen LogP contribution in [0, 0.1) is 29.6 Å². The molecule has 2 N–H and O–H groups in total. The van der Waals surface area contributed by atoms with E-state index in [1.165, 1.54) is 17.4 Å².